The van der Waals surface area contributed by atoms with Crippen LogP contribution in [0.25, 0.3) is 0 Å². The minimum atomic E-state index is -0.346. The molecule has 1 aliphatic rings. The van der Waals surface area contributed by atoms with Gasteiger partial charge in [-0.3, -0.25) is 4.79 Å². The van der Waals surface area contributed by atoms with Crippen molar-refractivity contribution in [3.8, 4) is 0 Å². The predicted octanol–water partition coefficient (Wildman–Crippen LogP) is 1.20. The van der Waals surface area contributed by atoms with Crippen molar-refractivity contribution in [2.75, 3.05) is 26.2 Å². The second-order valence-corrected chi connectivity index (χ2v) is 5.38. The molecule has 2 rings (SSSR count). The lowest BCUT2D eigenvalue weighted by atomic mass is 10.3. The molecule has 0 saturated carbocycles. The van der Waals surface area contributed by atoms with Gasteiger partial charge < -0.3 is 15.4 Å². The predicted molar refractivity (Wildman–Crippen MR) is 85.3 cm³/mol. The molecule has 1 aromatic heterocycles. The van der Waals surface area contributed by atoms with Gasteiger partial charge in [-0.2, -0.15) is 0 Å². The summed E-state index contributed by atoms with van der Waals surface area (Å²) >= 11 is 1.71. The van der Waals surface area contributed by atoms with E-state index in [1.807, 2.05) is 6.20 Å². The molecule has 20 heavy (non-hydrogen) atoms. The van der Waals surface area contributed by atoms with Gasteiger partial charge in [0, 0.05) is 37.1 Å². The van der Waals surface area contributed by atoms with Crippen LogP contribution in [0.4, 0.5) is 0 Å². The number of nitrogens with one attached hydrogen (secondary N) is 2. The SMILES string of the molecule is CCc1cnc(CCNC(=O)C2CNCCO2)s1.Cl.Cl. The molecule has 1 saturated heterocycles. The Balaban J connectivity index is 0.00000180. The summed E-state index contributed by atoms with van der Waals surface area (Å²) < 4.78 is 5.38. The molecule has 1 aliphatic heterocycles. The van der Waals surface area contributed by atoms with Crippen molar-refractivity contribution in [3.63, 3.8) is 0 Å². The lowest BCUT2D eigenvalue weighted by Gasteiger charge is -2.22. The molecule has 0 aliphatic carbocycles. The van der Waals surface area contributed by atoms with Crippen LogP contribution in [-0.4, -0.2) is 43.2 Å². The maximum Gasteiger partial charge on any atom is 0.250 e. The quantitative estimate of drug-likeness (QED) is 0.844. The van der Waals surface area contributed by atoms with E-state index in [9.17, 15) is 4.79 Å². The topological polar surface area (TPSA) is 63.2 Å². The van der Waals surface area contributed by atoms with Gasteiger partial charge >= 0.3 is 0 Å². The Morgan fingerprint density at radius 1 is 1.60 bits per heavy atom. The zero-order valence-corrected chi connectivity index (χ0v) is 13.8. The minimum absolute atomic E-state index is 0. The van der Waals surface area contributed by atoms with Gasteiger partial charge in [0.2, 0.25) is 5.91 Å². The fourth-order valence-electron chi connectivity index (χ4n) is 1.77. The number of nitrogens with zero attached hydrogens (tertiary/aromatic N) is 1. The summed E-state index contributed by atoms with van der Waals surface area (Å²) in [5.74, 6) is -0.0329. The Hall–Kier alpha value is -0.400. The number of amides is 1. The number of morpholine rings is 1. The number of aromatic nitrogens is 1. The zero-order chi connectivity index (χ0) is 12.8. The zero-order valence-electron chi connectivity index (χ0n) is 11.4. The van der Waals surface area contributed by atoms with Crippen LogP contribution in [0.15, 0.2) is 6.20 Å². The lowest BCUT2D eigenvalue weighted by molar-refractivity contribution is -0.134. The van der Waals surface area contributed by atoms with E-state index in [0.717, 1.165) is 24.4 Å². The number of carbonyl (C=O) groups excluding carboxylic acids is 1. The minimum Gasteiger partial charge on any atom is -0.366 e. The van der Waals surface area contributed by atoms with Crippen LogP contribution in [0.3, 0.4) is 0 Å². The highest BCUT2D eigenvalue weighted by atomic mass is 35.5. The first kappa shape index (κ1) is 19.6. The largest absolute Gasteiger partial charge is 0.366 e. The fraction of sp³-hybridized carbons (Fsp3) is 0.667. The van der Waals surface area contributed by atoms with Gasteiger partial charge in [-0.05, 0) is 6.42 Å². The molecule has 1 amide bonds. The normalized spacial score (nSPS) is 17.8. The van der Waals surface area contributed by atoms with Crippen LogP contribution in [0, 0.1) is 0 Å². The van der Waals surface area contributed by atoms with Crippen molar-refractivity contribution in [1.82, 2.24) is 15.6 Å². The van der Waals surface area contributed by atoms with Crippen molar-refractivity contribution < 1.29 is 9.53 Å². The molecular formula is C12H21Cl2N3O2S. The molecule has 1 unspecified atom stereocenters. The van der Waals surface area contributed by atoms with Gasteiger partial charge in [0.25, 0.3) is 0 Å². The van der Waals surface area contributed by atoms with Crippen molar-refractivity contribution in [2.24, 2.45) is 0 Å². The van der Waals surface area contributed by atoms with E-state index in [0.29, 0.717) is 19.7 Å². The lowest BCUT2D eigenvalue weighted by Crippen LogP contribution is -2.48. The highest BCUT2D eigenvalue weighted by Crippen LogP contribution is 2.13. The van der Waals surface area contributed by atoms with Crippen LogP contribution in [0.1, 0.15) is 16.8 Å². The van der Waals surface area contributed by atoms with Gasteiger partial charge in [0.15, 0.2) is 0 Å². The molecule has 1 atom stereocenters. The third kappa shape index (κ3) is 5.93. The highest BCUT2D eigenvalue weighted by molar-refractivity contribution is 7.11. The van der Waals surface area contributed by atoms with Gasteiger partial charge in [-0.25, -0.2) is 4.98 Å². The summed E-state index contributed by atoms with van der Waals surface area (Å²) in [7, 11) is 0. The summed E-state index contributed by atoms with van der Waals surface area (Å²) in [6.45, 7) is 4.76. The van der Waals surface area contributed by atoms with E-state index < -0.39 is 0 Å². The average Bonchev–Trinajstić information content (AvgIpc) is 2.87. The second-order valence-electron chi connectivity index (χ2n) is 4.18. The van der Waals surface area contributed by atoms with Crippen molar-refractivity contribution >= 4 is 42.1 Å². The molecule has 0 aromatic carbocycles. The molecule has 8 heteroatoms. The summed E-state index contributed by atoms with van der Waals surface area (Å²) in [6.07, 6.45) is 3.37. The van der Waals surface area contributed by atoms with Gasteiger partial charge in [0.1, 0.15) is 6.10 Å². The average molecular weight is 342 g/mol. The highest BCUT2D eigenvalue weighted by Gasteiger charge is 2.20. The summed E-state index contributed by atoms with van der Waals surface area (Å²) in [5.41, 5.74) is 0. The first-order chi connectivity index (χ1) is 8.79. The first-order valence-corrected chi connectivity index (χ1v) is 7.15. The summed E-state index contributed by atoms with van der Waals surface area (Å²) in [6, 6.07) is 0. The maximum absolute atomic E-state index is 11.8. The Kier molecular flexibility index (Phi) is 10.1. The number of carbonyl (C=O) groups is 1. The van der Waals surface area contributed by atoms with E-state index in [-0.39, 0.29) is 36.8 Å². The Bertz CT molecular complexity index is 398. The standard InChI is InChI=1S/C12H19N3O2S.2ClH/c1-2-9-7-15-11(18-9)3-4-14-12(16)10-8-13-5-6-17-10;;/h7,10,13H,2-6,8H2,1H3,(H,14,16);2*1H. The smallest absolute Gasteiger partial charge is 0.250 e. The monoisotopic (exact) mass is 341 g/mol. The third-order valence-electron chi connectivity index (χ3n) is 2.81. The molecule has 0 radical (unpaired) electrons. The van der Waals surface area contributed by atoms with Crippen molar-refractivity contribution in [2.45, 2.75) is 25.9 Å². The number of ether oxygens (including phenoxy) is 1. The molecule has 1 aromatic rings. The van der Waals surface area contributed by atoms with Crippen molar-refractivity contribution in [3.05, 3.63) is 16.1 Å². The van der Waals surface area contributed by atoms with Gasteiger partial charge in [-0.1, -0.05) is 6.92 Å². The Morgan fingerprint density at radius 2 is 2.40 bits per heavy atom. The van der Waals surface area contributed by atoms with Gasteiger partial charge in [-0.15, -0.1) is 36.2 Å². The second kappa shape index (κ2) is 10.3. The molecular weight excluding hydrogens is 321 g/mol. The number of hydrogen-bond acceptors (Lipinski definition) is 5. The fourth-order valence-corrected chi connectivity index (χ4v) is 2.63. The van der Waals surface area contributed by atoms with E-state index in [2.05, 4.69) is 22.5 Å². The third-order valence-corrected chi connectivity index (χ3v) is 4.01. The molecule has 1 fully saturated rings. The molecule has 5 nitrogen and oxygen atoms in total. The van der Waals surface area contributed by atoms with Crippen LogP contribution < -0.4 is 10.6 Å². The Morgan fingerprint density at radius 3 is 3.00 bits per heavy atom. The molecule has 0 spiro atoms. The summed E-state index contributed by atoms with van der Waals surface area (Å²) in [5, 5.41) is 7.11. The van der Waals surface area contributed by atoms with Crippen LogP contribution in [0.5, 0.6) is 0 Å². The van der Waals surface area contributed by atoms with Crippen LogP contribution in [0.2, 0.25) is 0 Å². The number of halogens is 2. The molecule has 2 N–H and O–H groups in total. The van der Waals surface area contributed by atoms with Crippen LogP contribution in [-0.2, 0) is 22.4 Å². The van der Waals surface area contributed by atoms with Crippen LogP contribution >= 0.6 is 36.2 Å². The first-order valence-electron chi connectivity index (χ1n) is 6.33. The van der Waals surface area contributed by atoms with Crippen molar-refractivity contribution in [1.29, 1.82) is 0 Å². The maximum atomic E-state index is 11.8. The van der Waals surface area contributed by atoms with E-state index in [1.54, 1.807) is 11.3 Å². The van der Waals surface area contributed by atoms with E-state index in [4.69, 9.17) is 4.74 Å². The number of hydrogen-bond donors (Lipinski definition) is 2. The number of thiazole rings is 1. The van der Waals surface area contributed by atoms with E-state index in [1.165, 1.54) is 4.88 Å². The summed E-state index contributed by atoms with van der Waals surface area (Å²) in [4.78, 5) is 17.4. The van der Waals surface area contributed by atoms with E-state index >= 15 is 0 Å². The number of aryl methyl sites for hydroxylation is 1. The molecule has 116 valence electrons. The van der Waals surface area contributed by atoms with Gasteiger partial charge in [0.05, 0.1) is 11.6 Å². The number of rotatable bonds is 5. The molecule has 0 bridgehead atoms. The molecule has 2 heterocycles. The Labute approximate surface area is 135 Å².